The molecule has 1 aromatic heterocycles. The predicted octanol–water partition coefficient (Wildman–Crippen LogP) is 2.19. The molecule has 0 saturated carbocycles. The van der Waals surface area contributed by atoms with Crippen molar-refractivity contribution in [2.45, 2.75) is 25.4 Å². The first-order chi connectivity index (χ1) is 11.0. The van der Waals surface area contributed by atoms with Crippen LogP contribution in [0.4, 0.5) is 0 Å². The Bertz CT molecular complexity index is 823. The van der Waals surface area contributed by atoms with Gasteiger partial charge in [0.05, 0.1) is 11.6 Å². The lowest BCUT2D eigenvalue weighted by molar-refractivity contribution is -0.141. The van der Waals surface area contributed by atoms with Crippen LogP contribution >= 0.6 is 0 Å². The smallest absolute Gasteiger partial charge is 0.311 e. The number of carboxylic acid groups (broad SMARTS) is 1. The molecule has 23 heavy (non-hydrogen) atoms. The third kappa shape index (κ3) is 1.97. The lowest BCUT2D eigenvalue weighted by Crippen LogP contribution is -2.63. The Balaban J connectivity index is 1.95. The van der Waals surface area contributed by atoms with Gasteiger partial charge >= 0.3 is 5.97 Å². The molecular weight excluding hydrogens is 290 g/mol. The highest BCUT2D eigenvalue weighted by Gasteiger charge is 2.45. The molecular formula is C18H21N3O2. The van der Waals surface area contributed by atoms with E-state index in [1.165, 1.54) is 10.9 Å². The summed E-state index contributed by atoms with van der Waals surface area (Å²) >= 11 is 0. The van der Waals surface area contributed by atoms with E-state index < -0.39 is 17.6 Å². The molecule has 1 aromatic carbocycles. The van der Waals surface area contributed by atoms with Crippen molar-refractivity contribution in [3.63, 3.8) is 0 Å². The van der Waals surface area contributed by atoms with Gasteiger partial charge in [-0.05, 0) is 35.7 Å². The van der Waals surface area contributed by atoms with Gasteiger partial charge in [0.1, 0.15) is 0 Å². The first kappa shape index (κ1) is 14.5. The quantitative estimate of drug-likeness (QED) is 0.811. The van der Waals surface area contributed by atoms with E-state index in [9.17, 15) is 9.90 Å². The highest BCUT2D eigenvalue weighted by atomic mass is 16.4. The summed E-state index contributed by atoms with van der Waals surface area (Å²) in [6.45, 7) is 3.37. The minimum absolute atomic E-state index is 0.471. The summed E-state index contributed by atoms with van der Waals surface area (Å²) in [5.74, 6) is -1.29. The molecule has 2 atom stereocenters. The summed E-state index contributed by atoms with van der Waals surface area (Å²) in [6, 6.07) is 6.10. The summed E-state index contributed by atoms with van der Waals surface area (Å²) in [4.78, 5) is 17.1. The fraction of sp³-hybridized carbons (Fsp3) is 0.389. The van der Waals surface area contributed by atoms with Gasteiger partial charge < -0.3 is 15.8 Å². The van der Waals surface area contributed by atoms with Crippen molar-refractivity contribution in [1.82, 2.24) is 9.88 Å². The number of hydrogen-bond donors (Lipinski definition) is 3. The molecule has 2 aliphatic rings. The summed E-state index contributed by atoms with van der Waals surface area (Å²) in [5, 5.41) is 10.7. The molecule has 120 valence electrons. The second-order valence-electron chi connectivity index (χ2n) is 6.61. The van der Waals surface area contributed by atoms with Gasteiger partial charge in [-0.2, -0.15) is 0 Å². The first-order valence-corrected chi connectivity index (χ1v) is 8.13. The maximum absolute atomic E-state index is 11.6. The van der Waals surface area contributed by atoms with Crippen LogP contribution < -0.4 is 5.73 Å². The summed E-state index contributed by atoms with van der Waals surface area (Å²) in [5.41, 5.74) is 10.6. The van der Waals surface area contributed by atoms with Gasteiger partial charge in [-0.1, -0.05) is 25.1 Å². The largest absolute Gasteiger partial charge is 0.481 e. The SMILES string of the molecule is CCCN1CC(C(=O)O)C=C2c3cccc4[nH]cc(c34)C[C@]21N. The number of aromatic amines is 1. The molecule has 1 unspecified atom stereocenters. The highest BCUT2D eigenvalue weighted by Crippen LogP contribution is 2.45. The van der Waals surface area contributed by atoms with Crippen LogP contribution in [0.5, 0.6) is 0 Å². The van der Waals surface area contributed by atoms with Gasteiger partial charge in [0.2, 0.25) is 0 Å². The van der Waals surface area contributed by atoms with E-state index in [0.29, 0.717) is 13.0 Å². The Hall–Kier alpha value is -2.11. The van der Waals surface area contributed by atoms with E-state index in [4.69, 9.17) is 5.73 Å². The van der Waals surface area contributed by atoms with Crippen LogP contribution in [-0.2, 0) is 11.2 Å². The monoisotopic (exact) mass is 311 g/mol. The van der Waals surface area contributed by atoms with Crippen LogP contribution in [0.3, 0.4) is 0 Å². The second kappa shape index (κ2) is 4.94. The van der Waals surface area contributed by atoms with Crippen LogP contribution in [0.1, 0.15) is 24.5 Å². The average molecular weight is 311 g/mol. The summed E-state index contributed by atoms with van der Waals surface area (Å²) in [7, 11) is 0. The molecule has 5 heteroatoms. The minimum Gasteiger partial charge on any atom is -0.481 e. The third-order valence-electron chi connectivity index (χ3n) is 5.16. The number of nitrogens with zero attached hydrogens (tertiary/aromatic N) is 1. The highest BCUT2D eigenvalue weighted by molar-refractivity contribution is 6.00. The Morgan fingerprint density at radius 2 is 2.35 bits per heavy atom. The molecule has 0 bridgehead atoms. The lowest BCUT2D eigenvalue weighted by Gasteiger charge is -2.49. The Kier molecular flexibility index (Phi) is 3.11. The van der Waals surface area contributed by atoms with Crippen molar-refractivity contribution in [3.05, 3.63) is 41.6 Å². The van der Waals surface area contributed by atoms with Gasteiger partial charge in [0.15, 0.2) is 0 Å². The molecule has 2 heterocycles. The second-order valence-corrected chi connectivity index (χ2v) is 6.61. The minimum atomic E-state index is -0.785. The van der Waals surface area contributed by atoms with Gasteiger partial charge in [0, 0.05) is 30.1 Å². The van der Waals surface area contributed by atoms with E-state index in [0.717, 1.165) is 29.6 Å². The number of nitrogens with two attached hydrogens (primary N) is 1. The number of carbonyl (C=O) groups is 1. The molecule has 4 N–H and O–H groups in total. The van der Waals surface area contributed by atoms with Crippen LogP contribution in [0.25, 0.3) is 16.5 Å². The van der Waals surface area contributed by atoms with E-state index in [1.54, 1.807) is 0 Å². The molecule has 0 spiro atoms. The Labute approximate surface area is 134 Å². The first-order valence-electron chi connectivity index (χ1n) is 8.13. The molecule has 1 aliphatic carbocycles. The zero-order valence-corrected chi connectivity index (χ0v) is 13.2. The van der Waals surface area contributed by atoms with Gasteiger partial charge in [-0.15, -0.1) is 0 Å². The number of H-pyrrole nitrogens is 1. The number of carboxylic acids is 1. The van der Waals surface area contributed by atoms with Crippen molar-refractivity contribution >= 4 is 22.4 Å². The molecule has 2 aromatic rings. The Morgan fingerprint density at radius 3 is 3.09 bits per heavy atom. The number of benzene rings is 1. The Morgan fingerprint density at radius 1 is 1.52 bits per heavy atom. The van der Waals surface area contributed by atoms with Crippen LogP contribution in [0, 0.1) is 5.92 Å². The zero-order valence-electron chi connectivity index (χ0n) is 13.2. The maximum atomic E-state index is 11.6. The van der Waals surface area contributed by atoms with Crippen molar-refractivity contribution in [1.29, 1.82) is 0 Å². The fourth-order valence-electron chi connectivity index (χ4n) is 4.12. The lowest BCUT2D eigenvalue weighted by atomic mass is 9.75. The van der Waals surface area contributed by atoms with Gasteiger partial charge in [0.25, 0.3) is 0 Å². The standard InChI is InChI=1S/C18H21N3O2/c1-2-6-21-10-11(17(22)23)7-14-13-4-3-5-15-16(13)12(9-20-15)8-18(14,21)19/h3-5,7,9,11,20H,2,6,8,10,19H2,1H3,(H,22,23)/t11?,18-/m1/s1. The number of fused-ring (bicyclic) bond motifs is 2. The van der Waals surface area contributed by atoms with E-state index in [1.807, 2.05) is 24.4 Å². The topological polar surface area (TPSA) is 82.4 Å². The molecule has 0 amide bonds. The molecule has 0 saturated heterocycles. The summed E-state index contributed by atoms with van der Waals surface area (Å²) < 4.78 is 0. The molecule has 5 nitrogen and oxygen atoms in total. The third-order valence-corrected chi connectivity index (χ3v) is 5.16. The van der Waals surface area contributed by atoms with Crippen LogP contribution in [0.15, 0.2) is 30.5 Å². The van der Waals surface area contributed by atoms with Gasteiger partial charge in [-0.3, -0.25) is 9.69 Å². The predicted molar refractivity (Wildman–Crippen MR) is 89.9 cm³/mol. The van der Waals surface area contributed by atoms with Crippen LogP contribution in [0.2, 0.25) is 0 Å². The van der Waals surface area contributed by atoms with Crippen molar-refractivity contribution in [2.24, 2.45) is 11.7 Å². The molecule has 1 aliphatic heterocycles. The van der Waals surface area contributed by atoms with Gasteiger partial charge in [-0.25, -0.2) is 0 Å². The number of nitrogens with one attached hydrogen (secondary N) is 1. The van der Waals surface area contributed by atoms with E-state index in [2.05, 4.69) is 22.9 Å². The molecule has 0 fully saturated rings. The number of rotatable bonds is 3. The maximum Gasteiger partial charge on any atom is 0.311 e. The number of aliphatic carboxylic acids is 1. The van der Waals surface area contributed by atoms with Crippen molar-refractivity contribution < 1.29 is 9.90 Å². The zero-order chi connectivity index (χ0) is 16.2. The molecule has 4 rings (SSSR count). The van der Waals surface area contributed by atoms with Crippen molar-refractivity contribution in [3.8, 4) is 0 Å². The summed E-state index contributed by atoms with van der Waals surface area (Å²) in [6.07, 6.45) is 5.57. The number of aromatic nitrogens is 1. The van der Waals surface area contributed by atoms with Crippen LogP contribution in [-0.4, -0.2) is 39.7 Å². The van der Waals surface area contributed by atoms with E-state index in [-0.39, 0.29) is 0 Å². The normalized spacial score (nSPS) is 26.9. The number of hydrogen-bond acceptors (Lipinski definition) is 3. The molecule has 0 radical (unpaired) electrons. The fourth-order valence-corrected chi connectivity index (χ4v) is 4.12. The van der Waals surface area contributed by atoms with Crippen molar-refractivity contribution in [2.75, 3.05) is 13.1 Å². The average Bonchev–Trinajstić information content (AvgIpc) is 2.92. The van der Waals surface area contributed by atoms with E-state index >= 15 is 0 Å².